The highest BCUT2D eigenvalue weighted by molar-refractivity contribution is 7.89. The molecular formula is C26H25FN4O4S2. The molecular weight excluding hydrogens is 515 g/mol. The van der Waals surface area contributed by atoms with E-state index in [0.717, 1.165) is 16.8 Å². The number of carbonyl (C=O) groups is 1. The Morgan fingerprint density at radius 3 is 2.73 bits per heavy atom. The summed E-state index contributed by atoms with van der Waals surface area (Å²) in [7, 11) is -2.28. The van der Waals surface area contributed by atoms with Crippen LogP contribution in [0.15, 0.2) is 71.8 Å². The minimum absolute atomic E-state index is 0.00691. The Morgan fingerprint density at radius 1 is 1.19 bits per heavy atom. The number of piperidine rings is 1. The van der Waals surface area contributed by atoms with Gasteiger partial charge in [0.25, 0.3) is 0 Å². The number of thiazole rings is 1. The van der Waals surface area contributed by atoms with Crippen molar-refractivity contribution in [3.63, 3.8) is 0 Å². The number of nitrogens with zero attached hydrogens (tertiary/aromatic N) is 4. The van der Waals surface area contributed by atoms with E-state index in [4.69, 9.17) is 9.72 Å². The number of anilines is 1. The monoisotopic (exact) mass is 540 g/mol. The van der Waals surface area contributed by atoms with Gasteiger partial charge in [-0.2, -0.15) is 4.31 Å². The zero-order chi connectivity index (χ0) is 26.0. The molecule has 37 heavy (non-hydrogen) atoms. The predicted octanol–water partition coefficient (Wildman–Crippen LogP) is 4.47. The lowest BCUT2D eigenvalue weighted by Crippen LogP contribution is -2.46. The molecule has 192 valence electrons. The van der Waals surface area contributed by atoms with Crippen LogP contribution in [0.2, 0.25) is 0 Å². The van der Waals surface area contributed by atoms with Gasteiger partial charge in [0.1, 0.15) is 11.6 Å². The number of fused-ring (bicyclic) bond motifs is 1. The van der Waals surface area contributed by atoms with E-state index >= 15 is 0 Å². The van der Waals surface area contributed by atoms with Crippen molar-refractivity contribution in [3.05, 3.63) is 78.4 Å². The number of carbonyl (C=O) groups excluding carboxylic acids is 1. The lowest BCUT2D eigenvalue weighted by atomic mass is 9.98. The lowest BCUT2D eigenvalue weighted by Gasteiger charge is -2.33. The largest absolute Gasteiger partial charge is 0.497 e. The SMILES string of the molecule is COc1ccc2sc(N(Cc3ccccn3)C(=O)C3CCCN(S(=O)(=O)c4ccc(F)cc4)C3)nc2c1. The third kappa shape index (κ3) is 5.34. The summed E-state index contributed by atoms with van der Waals surface area (Å²) in [4.78, 5) is 24.6. The molecule has 0 N–H and O–H groups in total. The second-order valence-electron chi connectivity index (χ2n) is 8.73. The molecule has 1 saturated heterocycles. The molecule has 0 saturated carbocycles. The number of amides is 1. The number of ether oxygens (including phenoxy) is 1. The van der Waals surface area contributed by atoms with Crippen molar-refractivity contribution >= 4 is 42.6 Å². The molecule has 5 rings (SSSR count). The number of benzene rings is 2. The molecule has 11 heteroatoms. The number of methoxy groups -OCH3 is 1. The second kappa shape index (κ2) is 10.5. The van der Waals surface area contributed by atoms with Crippen molar-refractivity contribution < 1.29 is 22.3 Å². The molecule has 0 aliphatic carbocycles. The number of hydrogen-bond donors (Lipinski definition) is 0. The number of aromatic nitrogens is 2. The van der Waals surface area contributed by atoms with Gasteiger partial charge in [0.15, 0.2) is 5.13 Å². The van der Waals surface area contributed by atoms with Crippen LogP contribution in [0.4, 0.5) is 9.52 Å². The van der Waals surface area contributed by atoms with Gasteiger partial charge in [0, 0.05) is 25.4 Å². The van der Waals surface area contributed by atoms with Crippen molar-refractivity contribution in [1.29, 1.82) is 0 Å². The van der Waals surface area contributed by atoms with Gasteiger partial charge in [0.2, 0.25) is 15.9 Å². The summed E-state index contributed by atoms with van der Waals surface area (Å²) in [6, 6.07) is 15.8. The normalized spacial score (nSPS) is 16.5. The van der Waals surface area contributed by atoms with Crippen LogP contribution in [0.1, 0.15) is 18.5 Å². The van der Waals surface area contributed by atoms with Crippen LogP contribution >= 0.6 is 11.3 Å². The summed E-state index contributed by atoms with van der Waals surface area (Å²) in [5.74, 6) is -0.616. The molecule has 0 bridgehead atoms. The molecule has 2 aromatic carbocycles. The maximum atomic E-state index is 13.9. The van der Waals surface area contributed by atoms with Crippen LogP contribution in [-0.4, -0.2) is 48.8 Å². The first-order valence-corrected chi connectivity index (χ1v) is 14.0. The molecule has 1 amide bonds. The van der Waals surface area contributed by atoms with Crippen LogP contribution in [0, 0.1) is 11.7 Å². The highest BCUT2D eigenvalue weighted by Gasteiger charge is 2.36. The first-order chi connectivity index (χ1) is 17.8. The van der Waals surface area contributed by atoms with E-state index in [2.05, 4.69) is 4.98 Å². The van der Waals surface area contributed by atoms with Gasteiger partial charge in [-0.25, -0.2) is 17.8 Å². The Labute approximate surface area is 218 Å². The average molecular weight is 541 g/mol. The van der Waals surface area contributed by atoms with Gasteiger partial charge in [-0.15, -0.1) is 0 Å². The van der Waals surface area contributed by atoms with Crippen molar-refractivity contribution in [2.75, 3.05) is 25.1 Å². The Balaban J connectivity index is 1.45. The Hall–Kier alpha value is -3.41. The fraction of sp³-hybridized carbons (Fsp3) is 0.269. The van der Waals surface area contributed by atoms with E-state index in [9.17, 15) is 17.6 Å². The first-order valence-electron chi connectivity index (χ1n) is 11.8. The van der Waals surface area contributed by atoms with Crippen LogP contribution in [0.3, 0.4) is 0 Å². The fourth-order valence-electron chi connectivity index (χ4n) is 4.37. The van der Waals surface area contributed by atoms with Crippen LogP contribution in [0.25, 0.3) is 10.2 Å². The minimum atomic E-state index is -3.87. The van der Waals surface area contributed by atoms with Crippen molar-refractivity contribution in [3.8, 4) is 5.75 Å². The third-order valence-electron chi connectivity index (χ3n) is 6.31. The minimum Gasteiger partial charge on any atom is -0.497 e. The lowest BCUT2D eigenvalue weighted by molar-refractivity contribution is -0.123. The molecule has 8 nitrogen and oxygen atoms in total. The van der Waals surface area contributed by atoms with E-state index in [-0.39, 0.29) is 23.9 Å². The fourth-order valence-corrected chi connectivity index (χ4v) is 6.84. The average Bonchev–Trinajstić information content (AvgIpc) is 3.35. The summed E-state index contributed by atoms with van der Waals surface area (Å²) in [6.45, 7) is 0.540. The number of pyridine rings is 1. The summed E-state index contributed by atoms with van der Waals surface area (Å²) >= 11 is 1.38. The van der Waals surface area contributed by atoms with E-state index in [0.29, 0.717) is 41.5 Å². The number of rotatable bonds is 7. The second-order valence-corrected chi connectivity index (χ2v) is 11.7. The maximum Gasteiger partial charge on any atom is 0.243 e. The predicted molar refractivity (Wildman–Crippen MR) is 139 cm³/mol. The molecule has 1 aliphatic rings. The van der Waals surface area contributed by atoms with Gasteiger partial charge >= 0.3 is 0 Å². The summed E-state index contributed by atoms with van der Waals surface area (Å²) in [5, 5.41) is 0.512. The Bertz CT molecular complexity index is 1510. The van der Waals surface area contributed by atoms with E-state index in [1.54, 1.807) is 24.3 Å². The van der Waals surface area contributed by atoms with Crippen molar-refractivity contribution in [2.45, 2.75) is 24.3 Å². The molecule has 2 aromatic heterocycles. The number of halogens is 1. The third-order valence-corrected chi connectivity index (χ3v) is 9.25. The highest BCUT2D eigenvalue weighted by atomic mass is 32.2. The zero-order valence-corrected chi connectivity index (χ0v) is 21.7. The van der Waals surface area contributed by atoms with Crippen LogP contribution in [-0.2, 0) is 21.4 Å². The Kier molecular flexibility index (Phi) is 7.18. The number of hydrogen-bond acceptors (Lipinski definition) is 7. The molecule has 1 aliphatic heterocycles. The van der Waals surface area contributed by atoms with Gasteiger partial charge < -0.3 is 4.74 Å². The van der Waals surface area contributed by atoms with Gasteiger partial charge in [-0.3, -0.25) is 14.7 Å². The smallest absolute Gasteiger partial charge is 0.243 e. The van der Waals surface area contributed by atoms with Crippen LogP contribution in [0.5, 0.6) is 5.75 Å². The molecule has 1 atom stereocenters. The molecule has 1 unspecified atom stereocenters. The van der Waals surface area contributed by atoms with Crippen molar-refractivity contribution in [1.82, 2.24) is 14.3 Å². The molecule has 0 spiro atoms. The molecule has 3 heterocycles. The summed E-state index contributed by atoms with van der Waals surface area (Å²) < 4.78 is 47.3. The Morgan fingerprint density at radius 2 is 2.00 bits per heavy atom. The number of sulfonamides is 1. The first kappa shape index (κ1) is 25.2. The summed E-state index contributed by atoms with van der Waals surface area (Å²) in [5.41, 5.74) is 1.40. The summed E-state index contributed by atoms with van der Waals surface area (Å²) in [6.07, 6.45) is 2.75. The van der Waals surface area contributed by atoms with Crippen molar-refractivity contribution in [2.24, 2.45) is 5.92 Å². The molecule has 4 aromatic rings. The van der Waals surface area contributed by atoms with Gasteiger partial charge in [-0.05, 0) is 61.4 Å². The van der Waals surface area contributed by atoms with E-state index in [1.165, 1.54) is 27.8 Å². The highest BCUT2D eigenvalue weighted by Crippen LogP contribution is 2.34. The van der Waals surface area contributed by atoms with Gasteiger partial charge in [-0.1, -0.05) is 17.4 Å². The molecule has 0 radical (unpaired) electrons. The zero-order valence-electron chi connectivity index (χ0n) is 20.1. The maximum absolute atomic E-state index is 13.9. The standard InChI is InChI=1S/C26H25FN4O4S2/c1-35-21-9-12-24-23(15-21)29-26(36-24)31(17-20-6-2-3-13-28-20)25(32)18-5-4-14-30(16-18)37(33,34)22-10-7-19(27)8-11-22/h2-3,6-13,15,18H,4-5,14,16-17H2,1H3. The topological polar surface area (TPSA) is 92.7 Å². The van der Waals surface area contributed by atoms with Crippen LogP contribution < -0.4 is 9.64 Å². The molecule has 1 fully saturated rings. The van der Waals surface area contributed by atoms with Gasteiger partial charge in [0.05, 0.1) is 40.4 Å². The quantitative estimate of drug-likeness (QED) is 0.343. The van der Waals surface area contributed by atoms with E-state index in [1.807, 2.05) is 30.3 Å². The van der Waals surface area contributed by atoms with E-state index < -0.39 is 21.8 Å².